The first kappa shape index (κ1) is 17.2. The van der Waals surface area contributed by atoms with Gasteiger partial charge in [0.25, 0.3) is 0 Å². The second-order valence-corrected chi connectivity index (χ2v) is 5.83. The molecule has 20 heavy (non-hydrogen) atoms. The Labute approximate surface area is 124 Å². The summed E-state index contributed by atoms with van der Waals surface area (Å²) >= 11 is 0. The highest BCUT2D eigenvalue weighted by Gasteiger charge is 2.11. The van der Waals surface area contributed by atoms with Crippen molar-refractivity contribution in [2.45, 2.75) is 65.2 Å². The largest absolute Gasteiger partial charge is 0.373 e. The van der Waals surface area contributed by atoms with Gasteiger partial charge in [-0.05, 0) is 13.3 Å². The van der Waals surface area contributed by atoms with E-state index in [1.54, 1.807) is 0 Å². The maximum absolute atomic E-state index is 11.7. The van der Waals surface area contributed by atoms with Crippen LogP contribution in [-0.2, 0) is 9.53 Å². The summed E-state index contributed by atoms with van der Waals surface area (Å²) in [5.41, 5.74) is 1.32. The van der Waals surface area contributed by atoms with E-state index < -0.39 is 0 Å². The predicted octanol–water partition coefficient (Wildman–Crippen LogP) is 4.85. The number of allylic oxidation sites excluding steroid dienone is 2. The fourth-order valence-electron chi connectivity index (χ4n) is 2.46. The van der Waals surface area contributed by atoms with E-state index >= 15 is 0 Å². The van der Waals surface area contributed by atoms with E-state index in [0.29, 0.717) is 18.9 Å². The standard InChI is InChI=1S/C18H30O2/c1-3-4-5-6-7-8-9-13-18(19)15-20-14-17-12-10-11-16(17)2/h10-12,17H,3-9,13-15H2,1-2H3. The molecule has 0 heterocycles. The van der Waals surface area contributed by atoms with Crippen LogP contribution in [0.5, 0.6) is 0 Å². The third-order valence-electron chi connectivity index (χ3n) is 3.91. The lowest BCUT2D eigenvalue weighted by atomic mass is 10.1. The zero-order valence-electron chi connectivity index (χ0n) is 13.2. The first-order valence-electron chi connectivity index (χ1n) is 8.18. The Balaban J connectivity index is 1.90. The number of ether oxygens (including phenoxy) is 1. The maximum atomic E-state index is 11.7. The zero-order chi connectivity index (χ0) is 14.6. The van der Waals surface area contributed by atoms with E-state index in [-0.39, 0.29) is 12.4 Å². The molecular formula is C18H30O2. The Morgan fingerprint density at radius 3 is 2.50 bits per heavy atom. The fourth-order valence-corrected chi connectivity index (χ4v) is 2.46. The van der Waals surface area contributed by atoms with Crippen LogP contribution in [0.25, 0.3) is 0 Å². The molecule has 0 bridgehead atoms. The Kier molecular flexibility index (Phi) is 9.31. The van der Waals surface area contributed by atoms with Gasteiger partial charge in [-0.3, -0.25) is 4.79 Å². The minimum atomic E-state index is 0.252. The van der Waals surface area contributed by atoms with Crippen molar-refractivity contribution in [3.63, 3.8) is 0 Å². The van der Waals surface area contributed by atoms with Crippen LogP contribution in [0.4, 0.5) is 0 Å². The Morgan fingerprint density at radius 2 is 1.85 bits per heavy atom. The summed E-state index contributed by atoms with van der Waals surface area (Å²) in [7, 11) is 0. The van der Waals surface area contributed by atoms with Gasteiger partial charge in [0.05, 0.1) is 6.61 Å². The SMILES string of the molecule is CCCCCCCCCC(=O)COCC1C=CC=C1C. The summed E-state index contributed by atoms with van der Waals surface area (Å²) in [6.07, 6.45) is 15.8. The molecule has 1 atom stereocenters. The molecule has 0 saturated heterocycles. The van der Waals surface area contributed by atoms with Crippen LogP contribution in [0.1, 0.15) is 65.2 Å². The molecule has 1 aliphatic carbocycles. The highest BCUT2D eigenvalue weighted by molar-refractivity contribution is 5.79. The molecule has 1 rings (SSSR count). The molecule has 2 nitrogen and oxygen atoms in total. The highest BCUT2D eigenvalue weighted by Crippen LogP contribution is 2.18. The summed E-state index contributed by atoms with van der Waals surface area (Å²) in [4.78, 5) is 11.7. The van der Waals surface area contributed by atoms with Crippen LogP contribution in [0, 0.1) is 5.92 Å². The third-order valence-corrected chi connectivity index (χ3v) is 3.91. The molecule has 1 unspecified atom stereocenters. The first-order valence-corrected chi connectivity index (χ1v) is 8.18. The Morgan fingerprint density at radius 1 is 1.15 bits per heavy atom. The molecule has 0 aliphatic heterocycles. The van der Waals surface area contributed by atoms with Crippen LogP contribution < -0.4 is 0 Å². The number of carbonyl (C=O) groups excluding carboxylic acids is 1. The lowest BCUT2D eigenvalue weighted by molar-refractivity contribution is -0.123. The number of hydrogen-bond donors (Lipinski definition) is 0. The zero-order valence-corrected chi connectivity index (χ0v) is 13.2. The number of Topliss-reactive ketones (excluding diaryl/α,β-unsaturated/α-hetero) is 1. The van der Waals surface area contributed by atoms with Crippen LogP contribution in [0.15, 0.2) is 23.8 Å². The Hall–Kier alpha value is -0.890. The molecule has 0 fully saturated rings. The van der Waals surface area contributed by atoms with Gasteiger partial charge in [-0.2, -0.15) is 0 Å². The van der Waals surface area contributed by atoms with Crippen LogP contribution >= 0.6 is 0 Å². The highest BCUT2D eigenvalue weighted by atomic mass is 16.5. The van der Waals surface area contributed by atoms with Crippen molar-refractivity contribution in [2.24, 2.45) is 5.92 Å². The number of ketones is 1. The summed E-state index contributed by atoms with van der Waals surface area (Å²) in [5, 5.41) is 0. The van der Waals surface area contributed by atoms with Crippen LogP contribution in [0.3, 0.4) is 0 Å². The monoisotopic (exact) mass is 278 g/mol. The number of carbonyl (C=O) groups is 1. The van der Waals surface area contributed by atoms with Gasteiger partial charge in [-0.25, -0.2) is 0 Å². The van der Waals surface area contributed by atoms with E-state index in [1.807, 2.05) is 0 Å². The third kappa shape index (κ3) is 7.64. The molecule has 0 amide bonds. The average molecular weight is 278 g/mol. The van der Waals surface area contributed by atoms with Gasteiger partial charge in [0.15, 0.2) is 5.78 Å². The summed E-state index contributed by atoms with van der Waals surface area (Å²) in [5.74, 6) is 0.628. The van der Waals surface area contributed by atoms with Gasteiger partial charge >= 0.3 is 0 Å². The van der Waals surface area contributed by atoms with Crippen molar-refractivity contribution in [3.05, 3.63) is 23.8 Å². The van der Waals surface area contributed by atoms with Crippen molar-refractivity contribution < 1.29 is 9.53 Å². The number of unbranched alkanes of at least 4 members (excludes halogenated alkanes) is 6. The first-order chi connectivity index (χ1) is 9.74. The van der Waals surface area contributed by atoms with Gasteiger partial charge < -0.3 is 4.74 Å². The maximum Gasteiger partial charge on any atom is 0.158 e. The lowest BCUT2D eigenvalue weighted by Gasteiger charge is -2.10. The van der Waals surface area contributed by atoms with E-state index in [1.165, 1.54) is 44.1 Å². The number of rotatable bonds is 12. The van der Waals surface area contributed by atoms with Crippen LogP contribution in [-0.4, -0.2) is 19.0 Å². The Bertz CT molecular complexity index is 328. The normalized spacial score (nSPS) is 17.5. The molecule has 0 aromatic heterocycles. The molecule has 0 aromatic carbocycles. The second-order valence-electron chi connectivity index (χ2n) is 5.83. The van der Waals surface area contributed by atoms with Gasteiger partial charge in [-0.15, -0.1) is 0 Å². The molecule has 2 heteroatoms. The van der Waals surface area contributed by atoms with Gasteiger partial charge in [0, 0.05) is 12.3 Å². The lowest BCUT2D eigenvalue weighted by Crippen LogP contribution is -2.13. The van der Waals surface area contributed by atoms with Crippen LogP contribution in [0.2, 0.25) is 0 Å². The molecule has 1 aliphatic rings. The van der Waals surface area contributed by atoms with Gasteiger partial charge in [0.1, 0.15) is 6.61 Å². The van der Waals surface area contributed by atoms with Gasteiger partial charge in [-0.1, -0.05) is 69.2 Å². The van der Waals surface area contributed by atoms with E-state index in [9.17, 15) is 4.79 Å². The molecule has 0 N–H and O–H groups in total. The van der Waals surface area contributed by atoms with Crippen molar-refractivity contribution >= 4 is 5.78 Å². The molecule has 114 valence electrons. The number of hydrogen-bond acceptors (Lipinski definition) is 2. The molecule has 0 spiro atoms. The van der Waals surface area contributed by atoms with E-state index in [0.717, 1.165) is 6.42 Å². The van der Waals surface area contributed by atoms with Crippen molar-refractivity contribution in [2.75, 3.05) is 13.2 Å². The topological polar surface area (TPSA) is 26.3 Å². The van der Waals surface area contributed by atoms with Crippen molar-refractivity contribution in [1.29, 1.82) is 0 Å². The molecular weight excluding hydrogens is 248 g/mol. The van der Waals surface area contributed by atoms with E-state index in [2.05, 4.69) is 32.1 Å². The minimum absolute atomic E-state index is 0.252. The van der Waals surface area contributed by atoms with E-state index in [4.69, 9.17) is 4.74 Å². The fraction of sp³-hybridized carbons (Fsp3) is 0.722. The van der Waals surface area contributed by atoms with Crippen molar-refractivity contribution in [1.82, 2.24) is 0 Å². The van der Waals surface area contributed by atoms with Gasteiger partial charge in [0.2, 0.25) is 0 Å². The molecule has 0 saturated carbocycles. The summed E-state index contributed by atoms with van der Waals surface area (Å²) in [6, 6.07) is 0. The summed E-state index contributed by atoms with van der Waals surface area (Å²) < 4.78 is 5.52. The smallest absolute Gasteiger partial charge is 0.158 e. The summed E-state index contributed by atoms with van der Waals surface area (Å²) in [6.45, 7) is 5.26. The predicted molar refractivity (Wildman–Crippen MR) is 84.8 cm³/mol. The minimum Gasteiger partial charge on any atom is -0.373 e. The quantitative estimate of drug-likeness (QED) is 0.477. The molecule has 0 aromatic rings. The second kappa shape index (κ2) is 10.8. The van der Waals surface area contributed by atoms with Crippen molar-refractivity contribution in [3.8, 4) is 0 Å². The average Bonchev–Trinajstić information content (AvgIpc) is 2.83. The molecule has 0 radical (unpaired) electrons.